The van der Waals surface area contributed by atoms with Crippen molar-refractivity contribution in [1.29, 1.82) is 0 Å². The molecule has 0 saturated heterocycles. The molecule has 2 aromatic rings. The van der Waals surface area contributed by atoms with Gasteiger partial charge in [0.25, 0.3) is 0 Å². The first-order chi connectivity index (χ1) is 9.25. The van der Waals surface area contributed by atoms with Gasteiger partial charge in [-0.05, 0) is 24.3 Å². The van der Waals surface area contributed by atoms with E-state index in [1.807, 2.05) is 18.2 Å². The van der Waals surface area contributed by atoms with Crippen molar-refractivity contribution < 1.29 is 19.0 Å². The lowest BCUT2D eigenvalue weighted by Crippen LogP contribution is -2.25. The molecule has 0 amide bonds. The molecule has 0 aliphatic heterocycles. The van der Waals surface area contributed by atoms with E-state index in [1.54, 1.807) is 24.3 Å². The molecule has 2 rings (SSSR count). The van der Waals surface area contributed by atoms with Crippen molar-refractivity contribution in [1.82, 2.24) is 0 Å². The van der Waals surface area contributed by atoms with Crippen LogP contribution in [0.4, 0.5) is 4.39 Å². The van der Waals surface area contributed by atoms with E-state index < -0.39 is 11.9 Å². The Morgan fingerprint density at radius 1 is 0.895 bits per heavy atom. The molecule has 0 spiro atoms. The monoisotopic (exact) mass is 262 g/mol. The van der Waals surface area contributed by atoms with Gasteiger partial charge in [-0.3, -0.25) is 0 Å². The van der Waals surface area contributed by atoms with Crippen LogP contribution in [0.1, 0.15) is 0 Å². The van der Waals surface area contributed by atoms with E-state index in [0.717, 1.165) is 0 Å². The average molecular weight is 262 g/mol. The fraction of sp³-hybridized carbons (Fsp3) is 0.200. The molecule has 3 nitrogen and oxygen atoms in total. The smallest absolute Gasteiger partial charge is 0.165 e. The summed E-state index contributed by atoms with van der Waals surface area (Å²) < 4.78 is 23.8. The minimum Gasteiger partial charge on any atom is -0.491 e. The minimum atomic E-state index is -0.820. The molecule has 2 aromatic carbocycles. The molecule has 0 heterocycles. The fourth-order valence-electron chi connectivity index (χ4n) is 1.51. The normalized spacial score (nSPS) is 11.9. The van der Waals surface area contributed by atoms with E-state index in [-0.39, 0.29) is 19.0 Å². The third-order valence-corrected chi connectivity index (χ3v) is 2.45. The van der Waals surface area contributed by atoms with Crippen molar-refractivity contribution in [2.45, 2.75) is 6.10 Å². The van der Waals surface area contributed by atoms with Gasteiger partial charge in [-0.1, -0.05) is 30.3 Å². The molecule has 0 fully saturated rings. The highest BCUT2D eigenvalue weighted by Gasteiger charge is 2.08. The lowest BCUT2D eigenvalue weighted by Gasteiger charge is -2.13. The zero-order valence-corrected chi connectivity index (χ0v) is 10.3. The van der Waals surface area contributed by atoms with Crippen LogP contribution in [-0.4, -0.2) is 24.4 Å². The largest absolute Gasteiger partial charge is 0.491 e. The lowest BCUT2D eigenvalue weighted by atomic mass is 10.3. The second-order valence-electron chi connectivity index (χ2n) is 4.02. The van der Waals surface area contributed by atoms with Crippen LogP contribution in [0.2, 0.25) is 0 Å². The number of aliphatic hydroxyl groups is 1. The van der Waals surface area contributed by atoms with Crippen LogP contribution in [0, 0.1) is 5.82 Å². The second kappa shape index (κ2) is 6.75. The van der Waals surface area contributed by atoms with Gasteiger partial charge < -0.3 is 14.6 Å². The maximum absolute atomic E-state index is 13.3. The first kappa shape index (κ1) is 13.4. The van der Waals surface area contributed by atoms with Gasteiger partial charge in [-0.25, -0.2) is 4.39 Å². The van der Waals surface area contributed by atoms with Gasteiger partial charge in [0.2, 0.25) is 0 Å². The van der Waals surface area contributed by atoms with E-state index >= 15 is 0 Å². The lowest BCUT2D eigenvalue weighted by molar-refractivity contribution is 0.0612. The van der Waals surface area contributed by atoms with Crippen LogP contribution < -0.4 is 9.47 Å². The zero-order valence-electron chi connectivity index (χ0n) is 10.3. The number of hydrogen-bond acceptors (Lipinski definition) is 3. The molecule has 1 atom stereocenters. The van der Waals surface area contributed by atoms with Gasteiger partial charge in [0, 0.05) is 0 Å². The van der Waals surface area contributed by atoms with Crippen LogP contribution in [0.25, 0.3) is 0 Å². The van der Waals surface area contributed by atoms with Crippen LogP contribution in [0.3, 0.4) is 0 Å². The van der Waals surface area contributed by atoms with Crippen LogP contribution in [0.5, 0.6) is 11.5 Å². The number of aliphatic hydroxyl groups excluding tert-OH is 1. The van der Waals surface area contributed by atoms with Crippen molar-refractivity contribution >= 4 is 0 Å². The van der Waals surface area contributed by atoms with Crippen molar-refractivity contribution in [3.63, 3.8) is 0 Å². The maximum Gasteiger partial charge on any atom is 0.165 e. The number of ether oxygens (including phenoxy) is 2. The van der Waals surface area contributed by atoms with Crippen molar-refractivity contribution in [3.8, 4) is 11.5 Å². The standard InChI is InChI=1S/C15H15FO3/c16-14-8-4-5-9-15(14)19-11-12(17)10-18-13-6-2-1-3-7-13/h1-9,12,17H,10-11H2. The van der Waals surface area contributed by atoms with Gasteiger partial charge in [-0.2, -0.15) is 0 Å². The van der Waals surface area contributed by atoms with Gasteiger partial charge in [0.05, 0.1) is 0 Å². The predicted molar refractivity (Wildman–Crippen MR) is 69.8 cm³/mol. The molecule has 4 heteroatoms. The molecule has 0 bridgehead atoms. The molecule has 1 N–H and O–H groups in total. The van der Waals surface area contributed by atoms with Gasteiger partial charge in [0.1, 0.15) is 25.1 Å². The Bertz CT molecular complexity index is 502. The molecule has 0 aromatic heterocycles. The minimum absolute atomic E-state index is 0.0201. The third-order valence-electron chi connectivity index (χ3n) is 2.45. The van der Waals surface area contributed by atoms with E-state index in [1.165, 1.54) is 12.1 Å². The highest BCUT2D eigenvalue weighted by Crippen LogP contribution is 2.15. The third kappa shape index (κ3) is 4.26. The Labute approximate surface area is 111 Å². The molecular formula is C15H15FO3. The highest BCUT2D eigenvalue weighted by atomic mass is 19.1. The first-order valence-corrected chi connectivity index (χ1v) is 5.99. The van der Waals surface area contributed by atoms with Gasteiger partial charge in [0.15, 0.2) is 11.6 Å². The summed E-state index contributed by atoms with van der Waals surface area (Å²) in [5, 5.41) is 9.69. The summed E-state index contributed by atoms with van der Waals surface area (Å²) in [6.07, 6.45) is -0.820. The molecule has 0 aliphatic rings. The van der Waals surface area contributed by atoms with Crippen LogP contribution in [0.15, 0.2) is 54.6 Å². The Hall–Kier alpha value is -2.07. The molecular weight excluding hydrogens is 247 g/mol. The average Bonchev–Trinajstić information content (AvgIpc) is 2.45. The quantitative estimate of drug-likeness (QED) is 0.869. The Morgan fingerprint density at radius 3 is 2.26 bits per heavy atom. The van der Waals surface area contributed by atoms with Gasteiger partial charge >= 0.3 is 0 Å². The molecule has 0 radical (unpaired) electrons. The Morgan fingerprint density at radius 2 is 1.53 bits per heavy atom. The Kier molecular flexibility index (Phi) is 4.75. The molecule has 100 valence electrons. The fourth-order valence-corrected chi connectivity index (χ4v) is 1.51. The van der Waals surface area contributed by atoms with E-state index in [9.17, 15) is 9.50 Å². The van der Waals surface area contributed by atoms with Crippen LogP contribution in [-0.2, 0) is 0 Å². The summed E-state index contributed by atoms with van der Waals surface area (Å²) in [6, 6.07) is 15.2. The summed E-state index contributed by atoms with van der Waals surface area (Å²) in [6.45, 7) is 0.0756. The number of hydrogen-bond donors (Lipinski definition) is 1. The molecule has 19 heavy (non-hydrogen) atoms. The molecule has 1 unspecified atom stereocenters. The summed E-state index contributed by atoms with van der Waals surface area (Å²) in [5.74, 6) is 0.354. The molecule has 0 aliphatic carbocycles. The van der Waals surface area contributed by atoms with Crippen LogP contribution >= 0.6 is 0 Å². The van der Waals surface area contributed by atoms with Crippen molar-refractivity contribution in [3.05, 3.63) is 60.4 Å². The maximum atomic E-state index is 13.3. The Balaban J connectivity index is 1.76. The van der Waals surface area contributed by atoms with E-state index in [0.29, 0.717) is 5.75 Å². The number of halogens is 1. The number of para-hydroxylation sites is 2. The number of rotatable bonds is 6. The zero-order chi connectivity index (χ0) is 13.5. The topological polar surface area (TPSA) is 38.7 Å². The summed E-state index contributed by atoms with van der Waals surface area (Å²) >= 11 is 0. The second-order valence-corrected chi connectivity index (χ2v) is 4.02. The van der Waals surface area contributed by atoms with E-state index in [2.05, 4.69) is 0 Å². The predicted octanol–water partition coefficient (Wildman–Crippen LogP) is 2.64. The summed E-state index contributed by atoms with van der Waals surface area (Å²) in [7, 11) is 0. The van der Waals surface area contributed by atoms with Crippen molar-refractivity contribution in [2.75, 3.05) is 13.2 Å². The summed E-state index contributed by atoms with van der Waals surface area (Å²) in [4.78, 5) is 0. The van der Waals surface area contributed by atoms with Crippen molar-refractivity contribution in [2.24, 2.45) is 0 Å². The number of benzene rings is 2. The van der Waals surface area contributed by atoms with E-state index in [4.69, 9.17) is 9.47 Å². The molecule has 0 saturated carbocycles. The summed E-state index contributed by atoms with van der Waals surface area (Å²) in [5.41, 5.74) is 0. The first-order valence-electron chi connectivity index (χ1n) is 5.99. The van der Waals surface area contributed by atoms with Gasteiger partial charge in [-0.15, -0.1) is 0 Å². The SMILES string of the molecule is OC(COc1ccccc1)COc1ccccc1F. The highest BCUT2D eigenvalue weighted by molar-refractivity contribution is 5.23.